The van der Waals surface area contributed by atoms with Crippen LogP contribution in [0.15, 0.2) is 0 Å². The topological polar surface area (TPSA) is 68.8 Å². The summed E-state index contributed by atoms with van der Waals surface area (Å²) in [6, 6.07) is 0. The van der Waals surface area contributed by atoms with Crippen LogP contribution in [0.2, 0.25) is 0 Å². The Morgan fingerprint density at radius 1 is 1.45 bits per heavy atom. The van der Waals surface area contributed by atoms with E-state index in [-0.39, 0.29) is 31.4 Å². The molecule has 0 spiro atoms. The smallest absolute Gasteiger partial charge is 1.00 e. The summed E-state index contributed by atoms with van der Waals surface area (Å²) in [6.45, 7) is 5.43. The van der Waals surface area contributed by atoms with E-state index in [1.807, 2.05) is 11.8 Å². The van der Waals surface area contributed by atoms with E-state index in [0.29, 0.717) is 0 Å². The van der Waals surface area contributed by atoms with Gasteiger partial charge in [-0.25, -0.2) is 0 Å². The largest absolute Gasteiger partial charge is 2.00 e. The monoisotopic (exact) mass is 194 g/mol. The summed E-state index contributed by atoms with van der Waals surface area (Å²) in [6.07, 6.45) is 0. The molecule has 0 aromatic heterocycles. The molecule has 11 heavy (non-hydrogen) atoms. The van der Waals surface area contributed by atoms with Crippen molar-refractivity contribution in [2.75, 3.05) is 11.5 Å². The molecule has 0 radical (unpaired) electrons. The van der Waals surface area contributed by atoms with Gasteiger partial charge in [0, 0.05) is 6.92 Å². The summed E-state index contributed by atoms with van der Waals surface area (Å²) in [5, 5.41) is 7.42. The van der Waals surface area contributed by atoms with Crippen LogP contribution in [0, 0.1) is 0 Å². The van der Waals surface area contributed by atoms with Gasteiger partial charge in [-0.1, -0.05) is 13.8 Å². The predicted molar refractivity (Wildman–Crippen MR) is 53.6 cm³/mol. The second-order valence-electron chi connectivity index (χ2n) is 1.30. The molecule has 3 N–H and O–H groups in total. The van der Waals surface area contributed by atoms with Gasteiger partial charge < -0.3 is 13.4 Å². The SMILES string of the molecule is CC(=O)O.CCSCC.O.[H-].[H-].[Mg+2]. The first kappa shape index (κ1) is 22.6. The third kappa shape index (κ3) is 119. The summed E-state index contributed by atoms with van der Waals surface area (Å²) in [5.74, 6) is 1.69. The molecule has 0 aliphatic carbocycles. The fraction of sp³-hybridized carbons (Fsp3) is 0.833. The van der Waals surface area contributed by atoms with Crippen LogP contribution in [-0.4, -0.2) is 51.1 Å². The molecule has 68 valence electrons. The Balaban J connectivity index is -0.0000000146. The van der Waals surface area contributed by atoms with Gasteiger partial charge in [0.15, 0.2) is 0 Å². The average Bonchev–Trinajstić information content (AvgIpc) is 1.66. The molecule has 0 rings (SSSR count). The maximum Gasteiger partial charge on any atom is 2.00 e. The molecular formula is C6H18MgO3S. The van der Waals surface area contributed by atoms with Crippen LogP contribution in [0.1, 0.15) is 23.6 Å². The first-order chi connectivity index (χ1) is 4.15. The van der Waals surface area contributed by atoms with Crippen LogP contribution < -0.4 is 0 Å². The number of thioether (sulfide) groups is 1. The van der Waals surface area contributed by atoms with Crippen molar-refractivity contribution in [1.29, 1.82) is 0 Å². The van der Waals surface area contributed by atoms with Crippen LogP contribution in [0.25, 0.3) is 0 Å². The van der Waals surface area contributed by atoms with Gasteiger partial charge in [0.1, 0.15) is 0 Å². The molecule has 0 aliphatic heterocycles. The zero-order valence-corrected chi connectivity index (χ0v) is 9.62. The van der Waals surface area contributed by atoms with Crippen molar-refractivity contribution in [2.45, 2.75) is 20.8 Å². The normalized spacial score (nSPS) is 6.09. The van der Waals surface area contributed by atoms with Crippen molar-refractivity contribution >= 4 is 40.8 Å². The van der Waals surface area contributed by atoms with E-state index in [4.69, 9.17) is 9.90 Å². The summed E-state index contributed by atoms with van der Waals surface area (Å²) >= 11 is 1.96. The van der Waals surface area contributed by atoms with Crippen molar-refractivity contribution in [3.63, 3.8) is 0 Å². The van der Waals surface area contributed by atoms with Gasteiger partial charge in [0.2, 0.25) is 0 Å². The number of carboxylic acid groups (broad SMARTS) is 1. The molecule has 0 aromatic rings. The molecule has 0 amide bonds. The van der Waals surface area contributed by atoms with Gasteiger partial charge in [-0.05, 0) is 11.5 Å². The Kier molecular flexibility index (Phi) is 46.0. The first-order valence-corrected chi connectivity index (χ1v) is 4.07. The maximum absolute atomic E-state index is 9.00. The van der Waals surface area contributed by atoms with E-state index in [2.05, 4.69) is 13.8 Å². The van der Waals surface area contributed by atoms with Gasteiger partial charge in [0.05, 0.1) is 0 Å². The zero-order valence-electron chi connectivity index (χ0n) is 9.39. The number of hydrogen-bond donors (Lipinski definition) is 1. The Labute approximate surface area is 91.4 Å². The van der Waals surface area contributed by atoms with E-state index in [1.165, 1.54) is 11.5 Å². The van der Waals surface area contributed by atoms with Gasteiger partial charge in [-0.15, -0.1) is 0 Å². The van der Waals surface area contributed by atoms with Crippen molar-refractivity contribution in [1.82, 2.24) is 0 Å². The van der Waals surface area contributed by atoms with E-state index in [0.717, 1.165) is 6.92 Å². The minimum Gasteiger partial charge on any atom is -1.00 e. The standard InChI is InChI=1S/C4H10S.C2H4O2.Mg.H2O.2H/c1-3-5-4-2;1-2(3)4;;;;/h3-4H2,1-2H3;1H3,(H,3,4);;1H2;;/q;;+2;;2*-1. The van der Waals surface area contributed by atoms with E-state index in [1.54, 1.807) is 0 Å². The summed E-state index contributed by atoms with van der Waals surface area (Å²) in [7, 11) is 0. The third-order valence-corrected chi connectivity index (χ3v) is 1.22. The molecule has 0 aromatic carbocycles. The zero-order chi connectivity index (χ0) is 7.70. The second-order valence-corrected chi connectivity index (χ2v) is 2.86. The van der Waals surface area contributed by atoms with Crippen LogP contribution in [0.5, 0.6) is 0 Å². The van der Waals surface area contributed by atoms with Gasteiger partial charge in [-0.2, -0.15) is 11.8 Å². The number of rotatable bonds is 2. The van der Waals surface area contributed by atoms with Crippen molar-refractivity contribution in [3.8, 4) is 0 Å². The van der Waals surface area contributed by atoms with Crippen LogP contribution in [-0.2, 0) is 4.79 Å². The minimum atomic E-state index is -0.833. The molecule has 0 saturated heterocycles. The van der Waals surface area contributed by atoms with Crippen LogP contribution in [0.4, 0.5) is 0 Å². The van der Waals surface area contributed by atoms with Crippen LogP contribution >= 0.6 is 11.8 Å². The van der Waals surface area contributed by atoms with E-state index < -0.39 is 5.97 Å². The second kappa shape index (κ2) is 22.4. The first-order valence-electron chi connectivity index (χ1n) is 2.92. The Hall–Kier alpha value is 0.546. The number of carbonyl (C=O) groups is 1. The minimum absolute atomic E-state index is 0. The van der Waals surface area contributed by atoms with Gasteiger partial charge in [0.25, 0.3) is 5.97 Å². The molecule has 0 aliphatic rings. The Morgan fingerprint density at radius 2 is 1.64 bits per heavy atom. The molecule has 0 saturated carbocycles. The summed E-state index contributed by atoms with van der Waals surface area (Å²) in [4.78, 5) is 9.00. The molecular weight excluding hydrogens is 176 g/mol. The maximum atomic E-state index is 9.00. The Morgan fingerprint density at radius 3 is 1.64 bits per heavy atom. The molecule has 0 heterocycles. The Bertz CT molecular complexity index is 72.9. The quantitative estimate of drug-likeness (QED) is 0.664. The molecule has 0 atom stereocenters. The fourth-order valence-electron chi connectivity index (χ4n) is 0.204. The number of hydrogen-bond acceptors (Lipinski definition) is 2. The van der Waals surface area contributed by atoms with E-state index in [9.17, 15) is 0 Å². The third-order valence-electron chi connectivity index (χ3n) is 0.408. The predicted octanol–water partition coefficient (Wildman–Crippen LogP) is 0.870. The summed E-state index contributed by atoms with van der Waals surface area (Å²) in [5.41, 5.74) is 0. The number of carboxylic acids is 1. The summed E-state index contributed by atoms with van der Waals surface area (Å²) < 4.78 is 0. The average molecular weight is 195 g/mol. The number of aliphatic carboxylic acids is 1. The van der Waals surface area contributed by atoms with Gasteiger partial charge >= 0.3 is 23.1 Å². The van der Waals surface area contributed by atoms with E-state index >= 15 is 0 Å². The molecule has 0 fully saturated rings. The van der Waals surface area contributed by atoms with Crippen molar-refractivity contribution in [2.24, 2.45) is 0 Å². The van der Waals surface area contributed by atoms with Crippen molar-refractivity contribution < 1.29 is 18.2 Å². The molecule has 0 bridgehead atoms. The molecule has 0 unspecified atom stereocenters. The molecule has 3 nitrogen and oxygen atoms in total. The molecule has 5 heteroatoms. The fourth-order valence-corrected chi connectivity index (χ4v) is 0.612. The van der Waals surface area contributed by atoms with Gasteiger partial charge in [-0.3, -0.25) is 4.79 Å². The van der Waals surface area contributed by atoms with Crippen molar-refractivity contribution in [3.05, 3.63) is 0 Å². The van der Waals surface area contributed by atoms with Crippen LogP contribution in [0.3, 0.4) is 0 Å².